The molecule has 0 aliphatic heterocycles. The van der Waals surface area contributed by atoms with Crippen LogP contribution < -0.4 is 5.32 Å². The molecule has 0 saturated heterocycles. The highest BCUT2D eigenvalue weighted by molar-refractivity contribution is 5.97. The molecule has 0 atom stereocenters. The number of aromatic nitrogens is 7. The zero-order valence-corrected chi connectivity index (χ0v) is 19.3. The summed E-state index contributed by atoms with van der Waals surface area (Å²) in [6, 6.07) is 8.41. The zero-order chi connectivity index (χ0) is 24.8. The van der Waals surface area contributed by atoms with E-state index in [0.29, 0.717) is 39.1 Å². The lowest BCUT2D eigenvalue weighted by molar-refractivity contribution is 0.631. The largest absolute Gasteiger partial charge is 0.382 e. The first-order chi connectivity index (χ1) is 17.5. The topological polar surface area (TPSA) is 108 Å². The highest BCUT2D eigenvalue weighted by Gasteiger charge is 2.22. The second kappa shape index (κ2) is 8.49. The van der Waals surface area contributed by atoms with Crippen molar-refractivity contribution in [2.75, 3.05) is 5.32 Å². The normalized spacial score (nSPS) is 11.6. The van der Waals surface area contributed by atoms with E-state index in [-0.39, 0.29) is 28.6 Å². The van der Waals surface area contributed by atoms with Crippen molar-refractivity contribution in [1.29, 1.82) is 0 Å². The summed E-state index contributed by atoms with van der Waals surface area (Å²) >= 11 is 0. The van der Waals surface area contributed by atoms with Crippen molar-refractivity contribution in [3.8, 4) is 33.9 Å². The molecule has 36 heavy (non-hydrogen) atoms. The third kappa shape index (κ3) is 3.63. The summed E-state index contributed by atoms with van der Waals surface area (Å²) < 4.78 is 30.4. The van der Waals surface area contributed by atoms with Gasteiger partial charge in [-0.3, -0.25) is 20.1 Å². The Morgan fingerprint density at radius 3 is 2.56 bits per heavy atom. The van der Waals surface area contributed by atoms with Crippen molar-refractivity contribution >= 4 is 27.6 Å². The fraction of sp³-hybridized carbons (Fsp3) is 0.115. The Hall–Kier alpha value is -4.73. The highest BCUT2D eigenvalue weighted by Crippen LogP contribution is 2.35. The summed E-state index contributed by atoms with van der Waals surface area (Å²) in [6.07, 6.45) is 7.92. The number of nitrogens with one attached hydrogen (secondary N) is 3. The van der Waals surface area contributed by atoms with Crippen molar-refractivity contribution in [3.05, 3.63) is 73.0 Å². The lowest BCUT2D eigenvalue weighted by Gasteiger charge is -2.11. The minimum atomic E-state index is -0.548. The maximum Gasteiger partial charge on any atom is 0.161 e. The summed E-state index contributed by atoms with van der Waals surface area (Å²) in [7, 11) is 0. The van der Waals surface area contributed by atoms with Crippen LogP contribution in [-0.4, -0.2) is 41.2 Å². The SMILES string of the molecule is CC(C)Nc1cncc(-c2ncc3[nH]nc(-c4nc5c(-c6ccccc6F)cncc5[nH]4)c3c2F)c1. The van der Waals surface area contributed by atoms with Crippen LogP contribution in [0.15, 0.2) is 61.3 Å². The number of rotatable bonds is 5. The number of hydrogen-bond donors (Lipinski definition) is 3. The Kier molecular flexibility index (Phi) is 5.14. The van der Waals surface area contributed by atoms with Crippen molar-refractivity contribution in [1.82, 2.24) is 35.1 Å². The summed E-state index contributed by atoms with van der Waals surface area (Å²) in [5.74, 6) is -0.606. The van der Waals surface area contributed by atoms with Gasteiger partial charge in [0, 0.05) is 41.3 Å². The zero-order valence-electron chi connectivity index (χ0n) is 19.3. The van der Waals surface area contributed by atoms with Gasteiger partial charge < -0.3 is 10.3 Å². The molecule has 6 rings (SSSR count). The predicted molar refractivity (Wildman–Crippen MR) is 134 cm³/mol. The Labute approximate surface area is 203 Å². The van der Waals surface area contributed by atoms with Gasteiger partial charge in [-0.25, -0.2) is 13.8 Å². The maximum absolute atomic E-state index is 15.9. The minimum absolute atomic E-state index is 0.148. The number of imidazole rings is 1. The van der Waals surface area contributed by atoms with Gasteiger partial charge >= 0.3 is 0 Å². The fourth-order valence-electron chi connectivity index (χ4n) is 4.25. The molecule has 1 aromatic carbocycles. The van der Waals surface area contributed by atoms with E-state index in [1.807, 2.05) is 13.8 Å². The number of H-pyrrole nitrogens is 2. The van der Waals surface area contributed by atoms with Gasteiger partial charge in [-0.05, 0) is 26.0 Å². The average Bonchev–Trinajstić information content (AvgIpc) is 3.49. The number of aromatic amines is 2. The third-order valence-electron chi connectivity index (χ3n) is 5.79. The summed E-state index contributed by atoms with van der Waals surface area (Å²) in [4.78, 5) is 20.6. The molecule has 0 aliphatic rings. The molecule has 0 spiro atoms. The Balaban J connectivity index is 1.50. The molecular formula is C26H20F2N8. The van der Waals surface area contributed by atoms with Crippen LogP contribution in [0.5, 0.6) is 0 Å². The molecule has 0 radical (unpaired) electrons. The number of hydrogen-bond acceptors (Lipinski definition) is 6. The number of pyridine rings is 3. The molecule has 0 aliphatic carbocycles. The van der Waals surface area contributed by atoms with Crippen LogP contribution in [0.2, 0.25) is 0 Å². The Bertz CT molecular complexity index is 1740. The lowest BCUT2D eigenvalue weighted by Crippen LogP contribution is -2.09. The van der Waals surface area contributed by atoms with E-state index in [9.17, 15) is 4.39 Å². The molecule has 3 N–H and O–H groups in total. The molecule has 5 aromatic heterocycles. The number of nitrogens with zero attached hydrogens (tertiary/aromatic N) is 5. The van der Waals surface area contributed by atoms with Gasteiger partial charge in [0.1, 0.15) is 22.7 Å². The van der Waals surface area contributed by atoms with E-state index in [1.54, 1.807) is 49.1 Å². The van der Waals surface area contributed by atoms with Crippen LogP contribution >= 0.6 is 0 Å². The van der Waals surface area contributed by atoms with Crippen LogP contribution in [0.3, 0.4) is 0 Å². The summed E-state index contributed by atoms with van der Waals surface area (Å²) in [5, 5.41) is 10.6. The third-order valence-corrected chi connectivity index (χ3v) is 5.79. The molecule has 0 amide bonds. The van der Waals surface area contributed by atoms with Gasteiger partial charge in [0.05, 0.1) is 34.5 Å². The molecule has 6 aromatic rings. The van der Waals surface area contributed by atoms with Gasteiger partial charge in [0.2, 0.25) is 0 Å². The molecule has 8 nitrogen and oxygen atoms in total. The predicted octanol–water partition coefficient (Wildman–Crippen LogP) is 5.72. The van der Waals surface area contributed by atoms with E-state index >= 15 is 4.39 Å². The molecule has 0 fully saturated rings. The maximum atomic E-state index is 15.9. The van der Waals surface area contributed by atoms with Crippen LogP contribution in [0.25, 0.3) is 55.8 Å². The van der Waals surface area contributed by atoms with E-state index in [2.05, 4.69) is 40.4 Å². The first kappa shape index (κ1) is 21.8. The van der Waals surface area contributed by atoms with E-state index < -0.39 is 5.82 Å². The molecule has 0 bridgehead atoms. The van der Waals surface area contributed by atoms with Gasteiger partial charge in [0.15, 0.2) is 11.6 Å². The van der Waals surface area contributed by atoms with Gasteiger partial charge in [0.25, 0.3) is 0 Å². The van der Waals surface area contributed by atoms with Crippen LogP contribution in [0.4, 0.5) is 14.5 Å². The summed E-state index contributed by atoms with van der Waals surface area (Å²) in [6.45, 7) is 4.02. The average molecular weight is 482 g/mol. The van der Waals surface area contributed by atoms with Crippen molar-refractivity contribution in [2.24, 2.45) is 0 Å². The van der Waals surface area contributed by atoms with E-state index in [4.69, 9.17) is 0 Å². The molecule has 10 heteroatoms. The second-order valence-corrected chi connectivity index (χ2v) is 8.69. The van der Waals surface area contributed by atoms with Crippen molar-refractivity contribution < 1.29 is 8.78 Å². The molecular weight excluding hydrogens is 462 g/mol. The van der Waals surface area contributed by atoms with Crippen LogP contribution in [0.1, 0.15) is 13.8 Å². The molecule has 0 saturated carbocycles. The molecule has 0 unspecified atom stereocenters. The van der Waals surface area contributed by atoms with E-state index in [0.717, 1.165) is 5.69 Å². The molecule has 5 heterocycles. The van der Waals surface area contributed by atoms with Crippen LogP contribution in [0, 0.1) is 11.6 Å². The summed E-state index contributed by atoms with van der Waals surface area (Å²) in [5.41, 5.74) is 4.13. The number of fused-ring (bicyclic) bond motifs is 2. The lowest BCUT2D eigenvalue weighted by atomic mass is 10.1. The smallest absolute Gasteiger partial charge is 0.161 e. The highest BCUT2D eigenvalue weighted by atomic mass is 19.1. The minimum Gasteiger partial charge on any atom is -0.382 e. The quantitative estimate of drug-likeness (QED) is 0.290. The first-order valence-corrected chi connectivity index (χ1v) is 11.3. The monoisotopic (exact) mass is 482 g/mol. The van der Waals surface area contributed by atoms with Gasteiger partial charge in [-0.1, -0.05) is 18.2 Å². The first-order valence-electron chi connectivity index (χ1n) is 11.3. The Morgan fingerprint density at radius 1 is 0.889 bits per heavy atom. The fourth-order valence-corrected chi connectivity index (χ4v) is 4.25. The number of halogens is 2. The van der Waals surface area contributed by atoms with Crippen molar-refractivity contribution in [2.45, 2.75) is 19.9 Å². The van der Waals surface area contributed by atoms with Crippen LogP contribution in [-0.2, 0) is 0 Å². The number of anilines is 1. The van der Waals surface area contributed by atoms with E-state index in [1.165, 1.54) is 12.3 Å². The van der Waals surface area contributed by atoms with Gasteiger partial charge in [-0.15, -0.1) is 0 Å². The van der Waals surface area contributed by atoms with Gasteiger partial charge in [-0.2, -0.15) is 5.10 Å². The molecule has 178 valence electrons. The second-order valence-electron chi connectivity index (χ2n) is 8.69. The number of benzene rings is 1. The Morgan fingerprint density at radius 2 is 1.72 bits per heavy atom. The van der Waals surface area contributed by atoms with Crippen molar-refractivity contribution in [3.63, 3.8) is 0 Å². The standard InChI is InChI=1S/C26H20F2N8/c1-13(2)32-15-7-14(8-29-9-15)23-22(28)21-19(12-31-23)35-36-25(21)26-33-20-11-30-10-17(24(20)34-26)16-5-3-4-6-18(16)27/h3-13,32H,1-2H3,(H,33,34)(H,35,36).